The van der Waals surface area contributed by atoms with Crippen LogP contribution in [0.15, 0.2) is 0 Å². The van der Waals surface area contributed by atoms with Gasteiger partial charge in [-0.05, 0) is 6.42 Å². The van der Waals surface area contributed by atoms with E-state index in [4.69, 9.17) is 31.7 Å². The lowest BCUT2D eigenvalue weighted by atomic mass is 10.5. The van der Waals surface area contributed by atoms with Crippen LogP contribution < -0.4 is 5.73 Å². The molecule has 0 aromatic heterocycles. The van der Waals surface area contributed by atoms with Gasteiger partial charge in [-0.15, -0.1) is 11.6 Å². The first-order valence-electron chi connectivity index (χ1n) is 2.32. The second-order valence-corrected chi connectivity index (χ2v) is 2.33. The maximum atomic E-state index is 8.74. The van der Waals surface area contributed by atoms with Gasteiger partial charge in [0.15, 0.2) is 0 Å². The van der Waals surface area contributed by atoms with Crippen molar-refractivity contribution in [1.82, 2.24) is 0 Å². The fourth-order valence-electron chi connectivity index (χ4n) is 0. The van der Waals surface area contributed by atoms with Gasteiger partial charge in [0.25, 0.3) is 0 Å². The fraction of sp³-hybridized carbons (Fsp3) is 1.00. The third-order valence-corrected chi connectivity index (χ3v) is 0.699. The molecule has 0 heterocycles. The Labute approximate surface area is 59.6 Å². The molecule has 1 atom stereocenters. The minimum Gasteiger partial charge on any atom is -0.326 e. The lowest BCUT2D eigenvalue weighted by Crippen LogP contribution is -2.08. The molecular weight excluding hydrogens is 164 g/mol. The van der Waals surface area contributed by atoms with Crippen LogP contribution in [0.2, 0.25) is 0 Å². The molecule has 58 valence electrons. The van der Waals surface area contributed by atoms with Gasteiger partial charge in [-0.25, -0.2) is 0 Å². The maximum absolute atomic E-state index is 8.74. The van der Waals surface area contributed by atoms with E-state index >= 15 is 0 Å². The van der Waals surface area contributed by atoms with Gasteiger partial charge in [0.2, 0.25) is 0 Å². The smallest absolute Gasteiger partial charge is 0.314 e. The Morgan fingerprint density at radius 1 is 1.78 bits per heavy atom. The van der Waals surface area contributed by atoms with Crippen molar-refractivity contribution >= 4 is 19.9 Å². The average Bonchev–Trinajstić information content (AvgIpc) is 1.65. The molecule has 1 unspecified atom stereocenters. The number of hydrogen-bond acceptors (Lipinski definition) is 2. The molecule has 0 bridgehead atoms. The first-order valence-corrected chi connectivity index (χ1v) is 4.06. The zero-order valence-electron chi connectivity index (χ0n) is 5.04. The van der Waals surface area contributed by atoms with Gasteiger partial charge in [0, 0.05) is 0 Å². The Hall–Kier alpha value is 0.400. The molecule has 0 aromatic rings. The third kappa shape index (κ3) is 59.7. The van der Waals surface area contributed by atoms with Crippen molar-refractivity contribution < 1.29 is 14.4 Å². The number of nitrogens with two attached hydrogens (primary N) is 1. The Kier molecular flexibility index (Phi) is 11.3. The SMILES string of the molecule is CCC(N)Cl.O=[PH](O)O. The van der Waals surface area contributed by atoms with Crippen molar-refractivity contribution in [2.75, 3.05) is 0 Å². The lowest BCUT2D eigenvalue weighted by molar-refractivity contribution is 0.405. The molecule has 0 aromatic carbocycles. The van der Waals surface area contributed by atoms with Crippen LogP contribution in [-0.2, 0) is 4.57 Å². The van der Waals surface area contributed by atoms with E-state index in [0.29, 0.717) is 0 Å². The van der Waals surface area contributed by atoms with Crippen molar-refractivity contribution in [3.8, 4) is 0 Å². The van der Waals surface area contributed by atoms with Gasteiger partial charge in [0.05, 0.1) is 5.50 Å². The number of alkyl halides is 1. The van der Waals surface area contributed by atoms with Crippen molar-refractivity contribution in [3.05, 3.63) is 0 Å². The molecule has 9 heavy (non-hydrogen) atoms. The number of halogens is 1. The van der Waals surface area contributed by atoms with Gasteiger partial charge < -0.3 is 15.5 Å². The second kappa shape index (κ2) is 8.40. The van der Waals surface area contributed by atoms with Crippen molar-refractivity contribution in [2.24, 2.45) is 5.73 Å². The second-order valence-electron chi connectivity index (χ2n) is 1.21. The van der Waals surface area contributed by atoms with Crippen molar-refractivity contribution in [2.45, 2.75) is 18.8 Å². The van der Waals surface area contributed by atoms with E-state index in [1.807, 2.05) is 6.92 Å². The summed E-state index contributed by atoms with van der Waals surface area (Å²) in [6.45, 7) is 1.94. The number of rotatable bonds is 1. The summed E-state index contributed by atoms with van der Waals surface area (Å²) in [6, 6.07) is 0. The monoisotopic (exact) mass is 175 g/mol. The van der Waals surface area contributed by atoms with E-state index in [1.54, 1.807) is 0 Å². The summed E-state index contributed by atoms with van der Waals surface area (Å²) in [5.41, 5.74) is 4.91. The molecule has 4 N–H and O–H groups in total. The fourth-order valence-corrected chi connectivity index (χ4v) is 0. The van der Waals surface area contributed by atoms with Gasteiger partial charge in [0.1, 0.15) is 0 Å². The van der Waals surface area contributed by atoms with E-state index in [9.17, 15) is 0 Å². The zero-order valence-corrected chi connectivity index (χ0v) is 6.80. The van der Waals surface area contributed by atoms with Crippen LogP contribution in [0.3, 0.4) is 0 Å². The van der Waals surface area contributed by atoms with Crippen LogP contribution in [0.5, 0.6) is 0 Å². The van der Waals surface area contributed by atoms with Crippen molar-refractivity contribution in [3.63, 3.8) is 0 Å². The first-order chi connectivity index (χ1) is 4.00. The van der Waals surface area contributed by atoms with Gasteiger partial charge in [-0.3, -0.25) is 4.57 Å². The van der Waals surface area contributed by atoms with E-state index in [1.165, 1.54) is 0 Å². The standard InChI is InChI=1S/C3H8ClN.H3O3P/c1-2-3(4)5;1-4(2)3/h3H,2,5H2,1H3;4H,(H2,1,2,3). The zero-order chi connectivity index (χ0) is 7.86. The summed E-state index contributed by atoms with van der Waals surface area (Å²) in [7, 11) is -3.13. The minimum absolute atomic E-state index is 0.144. The summed E-state index contributed by atoms with van der Waals surface area (Å²) < 4.78 is 8.74. The predicted octanol–water partition coefficient (Wildman–Crippen LogP) is 0.281. The van der Waals surface area contributed by atoms with E-state index in [0.717, 1.165) is 6.42 Å². The molecule has 0 fully saturated rings. The van der Waals surface area contributed by atoms with Crippen LogP contribution in [0.4, 0.5) is 0 Å². The molecule has 0 amide bonds. The summed E-state index contributed by atoms with van der Waals surface area (Å²) in [5.74, 6) is 0. The van der Waals surface area contributed by atoms with Crippen LogP contribution >= 0.6 is 19.9 Å². The molecule has 6 heteroatoms. The molecule has 0 aliphatic carbocycles. The van der Waals surface area contributed by atoms with Crippen LogP contribution in [0, 0.1) is 0 Å². The lowest BCUT2D eigenvalue weighted by Gasteiger charge is -1.88. The summed E-state index contributed by atoms with van der Waals surface area (Å²) in [6.07, 6.45) is 0.849. The van der Waals surface area contributed by atoms with Crippen molar-refractivity contribution in [1.29, 1.82) is 0 Å². The number of hydrogen-bond donors (Lipinski definition) is 3. The normalized spacial score (nSPS) is 12.2. The van der Waals surface area contributed by atoms with Crippen LogP contribution in [0.25, 0.3) is 0 Å². The summed E-state index contributed by atoms with van der Waals surface area (Å²) in [4.78, 5) is 14.3. The highest BCUT2D eigenvalue weighted by Crippen LogP contribution is 1.98. The molecule has 0 saturated carbocycles. The highest BCUT2D eigenvalue weighted by molar-refractivity contribution is 7.30. The predicted molar refractivity (Wildman–Crippen MR) is 37.6 cm³/mol. The highest BCUT2D eigenvalue weighted by atomic mass is 35.5. The van der Waals surface area contributed by atoms with E-state index in [-0.39, 0.29) is 5.50 Å². The molecule has 0 saturated heterocycles. The summed E-state index contributed by atoms with van der Waals surface area (Å²) >= 11 is 5.24. The van der Waals surface area contributed by atoms with E-state index in [2.05, 4.69) is 0 Å². The molecule has 0 aliphatic heterocycles. The minimum atomic E-state index is -3.13. The van der Waals surface area contributed by atoms with Crippen LogP contribution in [0.1, 0.15) is 13.3 Å². The van der Waals surface area contributed by atoms with Gasteiger partial charge in [-0.2, -0.15) is 0 Å². The van der Waals surface area contributed by atoms with Gasteiger partial charge in [-0.1, -0.05) is 6.92 Å². The Balaban J connectivity index is 0. The summed E-state index contributed by atoms with van der Waals surface area (Å²) in [5, 5.41) is 0. The first kappa shape index (κ1) is 12.1. The molecule has 4 nitrogen and oxygen atoms in total. The molecule has 0 spiro atoms. The average molecular weight is 176 g/mol. The Morgan fingerprint density at radius 3 is 1.89 bits per heavy atom. The topological polar surface area (TPSA) is 83.6 Å². The largest absolute Gasteiger partial charge is 0.326 e. The molecule has 0 rings (SSSR count). The highest BCUT2D eigenvalue weighted by Gasteiger charge is 1.82. The molecule has 0 aliphatic rings. The quantitative estimate of drug-likeness (QED) is 0.304. The van der Waals surface area contributed by atoms with E-state index < -0.39 is 8.25 Å². The molecule has 0 radical (unpaired) electrons. The van der Waals surface area contributed by atoms with Gasteiger partial charge >= 0.3 is 8.25 Å². The molecular formula is C3H11ClNO3P. The van der Waals surface area contributed by atoms with Crippen LogP contribution in [-0.4, -0.2) is 15.3 Å². The maximum Gasteiger partial charge on any atom is 0.314 e. The Morgan fingerprint density at radius 2 is 1.89 bits per heavy atom. The Bertz CT molecular complexity index is 75.5. The third-order valence-electron chi connectivity index (χ3n) is 0.390.